The van der Waals surface area contributed by atoms with Crippen molar-refractivity contribution in [2.24, 2.45) is 0 Å². The maximum atomic E-state index is 5.98. The maximum Gasteiger partial charge on any atom is 0.224 e. The summed E-state index contributed by atoms with van der Waals surface area (Å²) < 4.78 is 5.93. The second-order valence-corrected chi connectivity index (χ2v) is 5.97. The van der Waals surface area contributed by atoms with Crippen LogP contribution in [0.5, 0.6) is 11.6 Å². The van der Waals surface area contributed by atoms with Crippen LogP contribution in [0.25, 0.3) is 0 Å². The average Bonchev–Trinajstić information content (AvgIpc) is 2.37. The number of halogens is 1. The van der Waals surface area contributed by atoms with E-state index in [1.807, 2.05) is 19.2 Å². The van der Waals surface area contributed by atoms with Crippen molar-refractivity contribution in [2.45, 2.75) is 31.8 Å². The first kappa shape index (κ1) is 15.1. The normalized spacial score (nSPS) is 10.9. The van der Waals surface area contributed by atoms with E-state index in [9.17, 15) is 0 Å². The summed E-state index contributed by atoms with van der Waals surface area (Å²) in [5.41, 5.74) is 2.30. The van der Waals surface area contributed by atoms with Gasteiger partial charge in [-0.15, -0.1) is 0 Å². The van der Waals surface area contributed by atoms with Crippen molar-refractivity contribution in [2.75, 3.05) is 6.26 Å². The van der Waals surface area contributed by atoms with E-state index >= 15 is 0 Å². The highest BCUT2D eigenvalue weighted by atomic mass is 35.5. The number of aryl methyl sites for hydroxylation is 1. The topological polar surface area (TPSA) is 35.0 Å². The summed E-state index contributed by atoms with van der Waals surface area (Å²) in [6.07, 6.45) is 1.90. The molecule has 5 heteroatoms. The number of aromatic nitrogens is 2. The summed E-state index contributed by atoms with van der Waals surface area (Å²) in [4.78, 5) is 8.43. The number of hydrogen-bond donors (Lipinski definition) is 0. The van der Waals surface area contributed by atoms with Crippen molar-refractivity contribution in [1.82, 2.24) is 9.97 Å². The number of hydrogen-bond acceptors (Lipinski definition) is 4. The predicted octanol–water partition coefficient (Wildman–Crippen LogP) is 5.08. The van der Waals surface area contributed by atoms with E-state index < -0.39 is 0 Å². The third-order valence-electron chi connectivity index (χ3n) is 2.84. The molecule has 0 saturated carbocycles. The first-order valence-electron chi connectivity index (χ1n) is 6.36. The zero-order chi connectivity index (χ0) is 14.7. The number of ether oxygens (including phenoxy) is 1. The molecule has 1 heterocycles. The second kappa shape index (κ2) is 6.46. The lowest BCUT2D eigenvalue weighted by Gasteiger charge is -2.14. The van der Waals surface area contributed by atoms with E-state index in [-0.39, 0.29) is 0 Å². The number of nitrogens with zero attached hydrogens (tertiary/aromatic N) is 2. The minimum absolute atomic E-state index is 0.378. The lowest BCUT2D eigenvalue weighted by molar-refractivity contribution is 0.447. The summed E-state index contributed by atoms with van der Waals surface area (Å²) >= 11 is 7.42. The predicted molar refractivity (Wildman–Crippen MR) is 84.2 cm³/mol. The molecule has 0 aliphatic heterocycles. The molecule has 0 amide bonds. The van der Waals surface area contributed by atoms with Crippen LogP contribution in [0.2, 0.25) is 5.15 Å². The lowest BCUT2D eigenvalue weighted by Crippen LogP contribution is -1.97. The minimum atomic E-state index is 0.378. The summed E-state index contributed by atoms with van der Waals surface area (Å²) in [7, 11) is 0. The van der Waals surface area contributed by atoms with Crippen molar-refractivity contribution >= 4 is 23.4 Å². The Morgan fingerprint density at radius 1 is 1.20 bits per heavy atom. The van der Waals surface area contributed by atoms with Crippen LogP contribution in [0.3, 0.4) is 0 Å². The van der Waals surface area contributed by atoms with Gasteiger partial charge in [-0.1, -0.05) is 49.3 Å². The second-order valence-electron chi connectivity index (χ2n) is 4.81. The molecule has 0 fully saturated rings. The molecular weight excluding hydrogens is 292 g/mol. The quantitative estimate of drug-likeness (QED) is 0.448. The van der Waals surface area contributed by atoms with Crippen molar-refractivity contribution in [3.05, 3.63) is 40.5 Å². The third-order valence-corrected chi connectivity index (χ3v) is 3.58. The van der Waals surface area contributed by atoms with Gasteiger partial charge in [-0.05, 0) is 36.3 Å². The Kier molecular flexibility index (Phi) is 4.89. The van der Waals surface area contributed by atoms with Crippen LogP contribution in [0.15, 0.2) is 29.4 Å². The van der Waals surface area contributed by atoms with Gasteiger partial charge < -0.3 is 4.74 Å². The Bertz CT molecular complexity index is 617. The van der Waals surface area contributed by atoms with E-state index in [4.69, 9.17) is 16.3 Å². The Morgan fingerprint density at radius 3 is 2.60 bits per heavy atom. The Balaban J connectivity index is 2.38. The van der Waals surface area contributed by atoms with Gasteiger partial charge in [0.25, 0.3) is 0 Å². The van der Waals surface area contributed by atoms with E-state index in [2.05, 4.69) is 35.9 Å². The first-order chi connectivity index (χ1) is 9.49. The largest absolute Gasteiger partial charge is 0.439 e. The highest BCUT2D eigenvalue weighted by molar-refractivity contribution is 7.98. The molecular formula is C15H17ClN2OS. The molecule has 0 atom stereocenters. The molecule has 1 aromatic heterocycles. The molecule has 1 aromatic carbocycles. The highest BCUT2D eigenvalue weighted by Gasteiger charge is 2.11. The molecule has 106 valence electrons. The number of thioether (sulfide) groups is 1. The van der Waals surface area contributed by atoms with Crippen LogP contribution in [0, 0.1) is 6.92 Å². The number of rotatable bonds is 4. The van der Waals surface area contributed by atoms with E-state index in [0.29, 0.717) is 22.1 Å². The van der Waals surface area contributed by atoms with Crippen LogP contribution in [0.1, 0.15) is 30.9 Å². The van der Waals surface area contributed by atoms with Crippen LogP contribution < -0.4 is 4.74 Å². The molecule has 0 bridgehead atoms. The van der Waals surface area contributed by atoms with Gasteiger partial charge in [-0.2, -0.15) is 4.98 Å². The fraction of sp³-hybridized carbons (Fsp3) is 0.333. The Labute approximate surface area is 128 Å². The SMILES string of the molecule is CSc1nc(Cl)cc(Oc2cc(C)ccc2C(C)C)n1. The van der Waals surface area contributed by atoms with Gasteiger partial charge in [0.15, 0.2) is 5.16 Å². The molecule has 0 radical (unpaired) electrons. The van der Waals surface area contributed by atoms with Gasteiger partial charge in [0.2, 0.25) is 5.88 Å². The van der Waals surface area contributed by atoms with Gasteiger partial charge in [-0.25, -0.2) is 4.98 Å². The van der Waals surface area contributed by atoms with Crippen molar-refractivity contribution < 1.29 is 4.74 Å². The fourth-order valence-electron chi connectivity index (χ4n) is 1.84. The van der Waals surface area contributed by atoms with Gasteiger partial charge >= 0.3 is 0 Å². The smallest absolute Gasteiger partial charge is 0.224 e. The van der Waals surface area contributed by atoms with Crippen LogP contribution in [-0.2, 0) is 0 Å². The van der Waals surface area contributed by atoms with Crippen LogP contribution >= 0.6 is 23.4 Å². The van der Waals surface area contributed by atoms with Gasteiger partial charge in [0, 0.05) is 6.07 Å². The molecule has 2 aromatic rings. The molecule has 0 spiro atoms. The lowest BCUT2D eigenvalue weighted by atomic mass is 10.0. The molecule has 0 unspecified atom stereocenters. The zero-order valence-electron chi connectivity index (χ0n) is 12.0. The fourth-order valence-corrected chi connectivity index (χ4v) is 2.43. The molecule has 20 heavy (non-hydrogen) atoms. The van der Waals surface area contributed by atoms with Crippen molar-refractivity contribution in [3.63, 3.8) is 0 Å². The van der Waals surface area contributed by atoms with Gasteiger partial charge in [0.05, 0.1) is 0 Å². The van der Waals surface area contributed by atoms with E-state index in [0.717, 1.165) is 16.9 Å². The van der Waals surface area contributed by atoms with Gasteiger partial charge in [0.1, 0.15) is 10.9 Å². The van der Waals surface area contributed by atoms with Crippen molar-refractivity contribution in [3.8, 4) is 11.6 Å². The maximum absolute atomic E-state index is 5.98. The Morgan fingerprint density at radius 2 is 1.95 bits per heavy atom. The van der Waals surface area contributed by atoms with E-state index in [1.54, 1.807) is 6.07 Å². The molecule has 2 rings (SSSR count). The summed E-state index contributed by atoms with van der Waals surface area (Å²) in [5, 5.41) is 0.990. The summed E-state index contributed by atoms with van der Waals surface area (Å²) in [5.74, 6) is 1.67. The molecule has 0 aliphatic carbocycles. The molecule has 0 aliphatic rings. The van der Waals surface area contributed by atoms with Crippen LogP contribution in [0.4, 0.5) is 0 Å². The monoisotopic (exact) mass is 308 g/mol. The minimum Gasteiger partial charge on any atom is -0.439 e. The third kappa shape index (κ3) is 3.64. The van der Waals surface area contributed by atoms with Gasteiger partial charge in [-0.3, -0.25) is 0 Å². The van der Waals surface area contributed by atoms with Crippen molar-refractivity contribution in [1.29, 1.82) is 0 Å². The first-order valence-corrected chi connectivity index (χ1v) is 7.97. The van der Waals surface area contributed by atoms with E-state index in [1.165, 1.54) is 11.8 Å². The molecule has 0 saturated heterocycles. The Hall–Kier alpha value is -1.26. The highest BCUT2D eigenvalue weighted by Crippen LogP contribution is 2.31. The molecule has 0 N–H and O–H groups in total. The summed E-state index contributed by atoms with van der Waals surface area (Å²) in [6, 6.07) is 7.83. The standard InChI is InChI=1S/C15H17ClN2OS/c1-9(2)11-6-5-10(3)7-12(11)19-14-8-13(16)17-15(18-14)20-4/h5-9H,1-4H3. The zero-order valence-corrected chi connectivity index (χ0v) is 13.5. The average molecular weight is 309 g/mol. The number of benzene rings is 1. The summed E-state index contributed by atoms with van der Waals surface area (Å²) in [6.45, 7) is 6.31. The molecule has 3 nitrogen and oxygen atoms in total. The van der Waals surface area contributed by atoms with Crippen LogP contribution in [-0.4, -0.2) is 16.2 Å².